The first-order valence-corrected chi connectivity index (χ1v) is 5.20. The van der Waals surface area contributed by atoms with Crippen molar-refractivity contribution >= 4 is 23.1 Å². The van der Waals surface area contributed by atoms with Gasteiger partial charge < -0.3 is 5.32 Å². The van der Waals surface area contributed by atoms with Crippen molar-refractivity contribution in [1.29, 1.82) is 0 Å². The summed E-state index contributed by atoms with van der Waals surface area (Å²) in [5.74, 6) is 0.705. The molecule has 2 rings (SSSR count). The zero-order chi connectivity index (χ0) is 11.7. The molecule has 0 bridgehead atoms. The van der Waals surface area contributed by atoms with Crippen LogP contribution < -0.4 is 5.32 Å². The van der Waals surface area contributed by atoms with Crippen LogP contribution in [-0.2, 0) is 7.05 Å². The predicted octanol–water partition coefficient (Wildman–Crippen LogP) is 2.22. The lowest BCUT2D eigenvalue weighted by atomic mass is 10.3. The number of hydrogen-bond acceptors (Lipinski definition) is 4. The normalized spacial score (nSPS) is 10.5. The molecule has 16 heavy (non-hydrogen) atoms. The Labute approximate surface area is 98.5 Å². The fourth-order valence-electron chi connectivity index (χ4n) is 1.40. The van der Waals surface area contributed by atoms with Gasteiger partial charge in [-0.15, -0.1) is 0 Å². The Hall–Kier alpha value is -1.62. The molecule has 0 saturated heterocycles. The van der Waals surface area contributed by atoms with E-state index in [0.717, 1.165) is 16.9 Å². The molecular weight excluding hydrogens is 226 g/mol. The van der Waals surface area contributed by atoms with Crippen LogP contribution in [0.1, 0.15) is 11.3 Å². The van der Waals surface area contributed by atoms with Crippen LogP contribution in [-0.4, -0.2) is 19.7 Å². The monoisotopic (exact) mass is 237 g/mol. The summed E-state index contributed by atoms with van der Waals surface area (Å²) < 4.78 is 1.75. The zero-order valence-corrected chi connectivity index (χ0v) is 10.1. The van der Waals surface area contributed by atoms with Gasteiger partial charge in [-0.2, -0.15) is 5.10 Å². The summed E-state index contributed by atoms with van der Waals surface area (Å²) >= 11 is 5.74. The predicted molar refractivity (Wildman–Crippen MR) is 63.0 cm³/mol. The van der Waals surface area contributed by atoms with Crippen LogP contribution in [0.25, 0.3) is 0 Å². The van der Waals surface area contributed by atoms with Crippen molar-refractivity contribution in [2.75, 3.05) is 5.32 Å². The van der Waals surface area contributed by atoms with Gasteiger partial charge in [-0.05, 0) is 25.4 Å². The van der Waals surface area contributed by atoms with Crippen LogP contribution in [0.15, 0.2) is 12.4 Å². The zero-order valence-electron chi connectivity index (χ0n) is 9.32. The van der Waals surface area contributed by atoms with Gasteiger partial charge in [-0.3, -0.25) is 4.68 Å². The lowest BCUT2D eigenvalue weighted by Gasteiger charge is -2.06. The molecule has 6 heteroatoms. The van der Waals surface area contributed by atoms with E-state index in [1.54, 1.807) is 10.9 Å². The molecular formula is C10H12ClN5. The second-order valence-electron chi connectivity index (χ2n) is 3.60. The topological polar surface area (TPSA) is 55.6 Å². The van der Waals surface area contributed by atoms with Crippen LogP contribution in [0.3, 0.4) is 0 Å². The molecule has 0 aromatic carbocycles. The molecule has 0 fully saturated rings. The number of nitrogens with one attached hydrogen (secondary N) is 1. The van der Waals surface area contributed by atoms with E-state index >= 15 is 0 Å². The summed E-state index contributed by atoms with van der Waals surface area (Å²) in [6.07, 6.45) is 3.58. The largest absolute Gasteiger partial charge is 0.337 e. The van der Waals surface area contributed by atoms with Crippen LogP contribution in [0.2, 0.25) is 5.28 Å². The van der Waals surface area contributed by atoms with Crippen molar-refractivity contribution < 1.29 is 0 Å². The average Bonchev–Trinajstić information content (AvgIpc) is 2.51. The Kier molecular flexibility index (Phi) is 2.78. The van der Waals surface area contributed by atoms with E-state index in [0.29, 0.717) is 5.82 Å². The van der Waals surface area contributed by atoms with Crippen LogP contribution >= 0.6 is 11.6 Å². The molecule has 0 aliphatic heterocycles. The van der Waals surface area contributed by atoms with Crippen LogP contribution in [0, 0.1) is 13.8 Å². The van der Waals surface area contributed by atoms with Gasteiger partial charge in [0, 0.05) is 25.0 Å². The number of halogens is 1. The average molecular weight is 238 g/mol. The highest BCUT2D eigenvalue weighted by atomic mass is 35.5. The van der Waals surface area contributed by atoms with Crippen molar-refractivity contribution in [3.63, 3.8) is 0 Å². The molecule has 5 nitrogen and oxygen atoms in total. The maximum absolute atomic E-state index is 5.74. The maximum atomic E-state index is 5.74. The van der Waals surface area contributed by atoms with E-state index in [1.807, 2.05) is 27.1 Å². The summed E-state index contributed by atoms with van der Waals surface area (Å²) in [5, 5.41) is 7.65. The number of anilines is 2. The third-order valence-corrected chi connectivity index (χ3v) is 2.39. The maximum Gasteiger partial charge on any atom is 0.224 e. The molecule has 84 valence electrons. The minimum absolute atomic E-state index is 0.231. The van der Waals surface area contributed by atoms with E-state index in [1.165, 1.54) is 0 Å². The number of rotatable bonds is 2. The Bertz CT molecular complexity index is 520. The lowest BCUT2D eigenvalue weighted by Crippen LogP contribution is -1.98. The highest BCUT2D eigenvalue weighted by molar-refractivity contribution is 6.28. The molecule has 0 aliphatic carbocycles. The van der Waals surface area contributed by atoms with E-state index in [4.69, 9.17) is 11.6 Å². The number of nitrogens with zero attached hydrogens (tertiary/aromatic N) is 4. The highest BCUT2D eigenvalue weighted by Gasteiger charge is 2.07. The number of hydrogen-bond donors (Lipinski definition) is 1. The first-order chi connectivity index (χ1) is 7.56. The van der Waals surface area contributed by atoms with Crippen LogP contribution in [0.5, 0.6) is 0 Å². The first-order valence-electron chi connectivity index (χ1n) is 4.82. The van der Waals surface area contributed by atoms with E-state index < -0.39 is 0 Å². The molecule has 2 aromatic rings. The molecule has 0 unspecified atom stereocenters. The molecule has 0 atom stereocenters. The minimum atomic E-state index is 0.231. The molecule has 0 aliphatic rings. The Morgan fingerprint density at radius 3 is 2.75 bits per heavy atom. The van der Waals surface area contributed by atoms with Gasteiger partial charge >= 0.3 is 0 Å². The van der Waals surface area contributed by atoms with Gasteiger partial charge in [-0.1, -0.05) is 0 Å². The first kappa shape index (κ1) is 10.9. The van der Waals surface area contributed by atoms with Gasteiger partial charge in [0.2, 0.25) is 5.28 Å². The molecule has 0 amide bonds. The van der Waals surface area contributed by atoms with Gasteiger partial charge in [0.15, 0.2) is 0 Å². The SMILES string of the molecule is Cc1cnc(Cl)nc1Nc1cn(C)nc1C. The summed E-state index contributed by atoms with van der Waals surface area (Å²) in [6, 6.07) is 0. The standard InChI is InChI=1S/C10H12ClN5/c1-6-4-12-10(11)14-9(6)13-8-5-16(3)15-7(8)2/h4-5H,1-3H3,(H,12,13,14). The quantitative estimate of drug-likeness (QED) is 0.814. The summed E-state index contributed by atoms with van der Waals surface area (Å²) in [4.78, 5) is 8.03. The summed E-state index contributed by atoms with van der Waals surface area (Å²) in [6.45, 7) is 3.85. The van der Waals surface area contributed by atoms with Crippen molar-refractivity contribution in [3.05, 3.63) is 28.9 Å². The Morgan fingerprint density at radius 1 is 1.38 bits per heavy atom. The second-order valence-corrected chi connectivity index (χ2v) is 3.94. The highest BCUT2D eigenvalue weighted by Crippen LogP contribution is 2.20. The van der Waals surface area contributed by atoms with Crippen molar-refractivity contribution in [2.45, 2.75) is 13.8 Å². The third-order valence-electron chi connectivity index (χ3n) is 2.21. The number of aromatic nitrogens is 4. The van der Waals surface area contributed by atoms with E-state index in [9.17, 15) is 0 Å². The van der Waals surface area contributed by atoms with Crippen molar-refractivity contribution in [2.24, 2.45) is 7.05 Å². The van der Waals surface area contributed by atoms with Crippen LogP contribution in [0.4, 0.5) is 11.5 Å². The van der Waals surface area contributed by atoms with E-state index in [-0.39, 0.29) is 5.28 Å². The van der Waals surface area contributed by atoms with Crippen molar-refractivity contribution in [3.8, 4) is 0 Å². The number of aryl methyl sites for hydroxylation is 3. The molecule has 0 spiro atoms. The van der Waals surface area contributed by atoms with Gasteiger partial charge in [0.1, 0.15) is 5.82 Å². The van der Waals surface area contributed by atoms with Gasteiger partial charge in [0.05, 0.1) is 11.4 Å². The fraction of sp³-hybridized carbons (Fsp3) is 0.300. The van der Waals surface area contributed by atoms with Crippen molar-refractivity contribution in [1.82, 2.24) is 19.7 Å². The minimum Gasteiger partial charge on any atom is -0.337 e. The fourth-order valence-corrected chi connectivity index (χ4v) is 1.53. The Morgan fingerprint density at radius 2 is 2.12 bits per heavy atom. The smallest absolute Gasteiger partial charge is 0.224 e. The Balaban J connectivity index is 2.33. The van der Waals surface area contributed by atoms with Gasteiger partial charge in [0.25, 0.3) is 0 Å². The molecule has 2 aromatic heterocycles. The molecule has 1 N–H and O–H groups in total. The van der Waals surface area contributed by atoms with E-state index in [2.05, 4.69) is 20.4 Å². The molecule has 0 saturated carbocycles. The molecule has 2 heterocycles. The summed E-state index contributed by atoms with van der Waals surface area (Å²) in [7, 11) is 1.87. The second kappa shape index (κ2) is 4.09. The van der Waals surface area contributed by atoms with Gasteiger partial charge in [-0.25, -0.2) is 9.97 Å². The molecule has 0 radical (unpaired) electrons. The summed E-state index contributed by atoms with van der Waals surface area (Å²) in [5.41, 5.74) is 2.77. The lowest BCUT2D eigenvalue weighted by molar-refractivity contribution is 0.756. The third kappa shape index (κ3) is 2.14.